The van der Waals surface area contributed by atoms with Crippen molar-refractivity contribution >= 4 is 17.3 Å². The van der Waals surface area contributed by atoms with Gasteiger partial charge in [-0.2, -0.15) is 0 Å². The van der Waals surface area contributed by atoms with Crippen molar-refractivity contribution in [2.45, 2.75) is 13.5 Å². The Morgan fingerprint density at radius 1 is 1.19 bits per heavy atom. The fourth-order valence-corrected chi connectivity index (χ4v) is 2.14. The van der Waals surface area contributed by atoms with Gasteiger partial charge in [-0.15, -0.1) is 0 Å². The van der Waals surface area contributed by atoms with Crippen molar-refractivity contribution < 1.29 is 14.6 Å². The number of phenols is 1. The van der Waals surface area contributed by atoms with Gasteiger partial charge >= 0.3 is 0 Å². The lowest BCUT2D eigenvalue weighted by Crippen LogP contribution is -2.01. The lowest BCUT2D eigenvalue weighted by molar-refractivity contribution is 0.317. The molecule has 21 heavy (non-hydrogen) atoms. The van der Waals surface area contributed by atoms with Crippen molar-refractivity contribution in [1.29, 1.82) is 0 Å². The predicted molar refractivity (Wildman–Crippen MR) is 84.6 cm³/mol. The largest absolute Gasteiger partial charge is 0.504 e. The van der Waals surface area contributed by atoms with Gasteiger partial charge in [-0.3, -0.25) is 0 Å². The number of methoxy groups -OCH3 is 1. The van der Waals surface area contributed by atoms with Crippen LogP contribution in [0.5, 0.6) is 17.2 Å². The Hall–Kier alpha value is -2.07. The molecule has 0 aliphatic rings. The first-order chi connectivity index (χ1) is 10.2. The fraction of sp³-hybridized carbons (Fsp3) is 0.250. The Balaban J connectivity index is 2.11. The molecule has 0 atom stereocenters. The van der Waals surface area contributed by atoms with E-state index in [9.17, 15) is 5.11 Å². The molecular formula is C16H18ClNO3. The molecule has 2 N–H and O–H groups in total. The first-order valence-electron chi connectivity index (χ1n) is 6.66. The third kappa shape index (κ3) is 3.73. The molecule has 0 aliphatic heterocycles. The summed E-state index contributed by atoms with van der Waals surface area (Å²) in [7, 11) is 1.57. The molecule has 0 saturated carbocycles. The molecule has 0 spiro atoms. The summed E-state index contributed by atoms with van der Waals surface area (Å²) in [6, 6.07) is 10.9. The normalized spacial score (nSPS) is 10.2. The van der Waals surface area contributed by atoms with Crippen LogP contribution >= 0.6 is 11.6 Å². The Morgan fingerprint density at radius 2 is 2.00 bits per heavy atom. The first kappa shape index (κ1) is 15.3. The van der Waals surface area contributed by atoms with Crippen LogP contribution in [0.4, 0.5) is 5.69 Å². The van der Waals surface area contributed by atoms with E-state index in [-0.39, 0.29) is 5.75 Å². The van der Waals surface area contributed by atoms with E-state index in [1.807, 2.05) is 31.2 Å². The van der Waals surface area contributed by atoms with Crippen LogP contribution in [0.15, 0.2) is 36.4 Å². The summed E-state index contributed by atoms with van der Waals surface area (Å²) in [6.07, 6.45) is 0. The van der Waals surface area contributed by atoms with Gasteiger partial charge in [-0.25, -0.2) is 0 Å². The molecule has 2 rings (SSSR count). The van der Waals surface area contributed by atoms with Crippen LogP contribution in [0.25, 0.3) is 0 Å². The van der Waals surface area contributed by atoms with Gasteiger partial charge in [0.05, 0.1) is 18.7 Å². The number of ether oxygens (including phenoxy) is 2. The minimum Gasteiger partial charge on any atom is -0.504 e. The zero-order valence-electron chi connectivity index (χ0n) is 12.0. The average molecular weight is 308 g/mol. The number of rotatable bonds is 6. The fourth-order valence-electron chi connectivity index (χ4n) is 1.95. The zero-order chi connectivity index (χ0) is 15.2. The molecule has 4 nitrogen and oxygen atoms in total. The molecule has 0 radical (unpaired) electrons. The summed E-state index contributed by atoms with van der Waals surface area (Å²) in [5, 5.41) is 13.9. The molecule has 0 amide bonds. The number of hydrogen-bond acceptors (Lipinski definition) is 4. The molecule has 2 aromatic rings. The van der Waals surface area contributed by atoms with Crippen LogP contribution in [0.3, 0.4) is 0 Å². The number of benzene rings is 2. The van der Waals surface area contributed by atoms with Crippen LogP contribution in [-0.2, 0) is 6.54 Å². The van der Waals surface area contributed by atoms with Gasteiger partial charge in [0.25, 0.3) is 0 Å². The Kier molecular flexibility index (Phi) is 5.17. The third-order valence-electron chi connectivity index (χ3n) is 3.02. The number of para-hydroxylation sites is 1. The standard InChI is InChI=1S/C16H18ClNO3/c1-3-21-14-6-4-5-11(16(14)19)10-18-12-7-8-13(17)15(9-12)20-2/h4-9,18-19H,3,10H2,1-2H3. The molecule has 0 heterocycles. The third-order valence-corrected chi connectivity index (χ3v) is 3.33. The maximum atomic E-state index is 10.1. The molecule has 0 saturated heterocycles. The van der Waals surface area contributed by atoms with Gasteiger partial charge in [-0.1, -0.05) is 23.7 Å². The number of phenolic OH excluding ortho intramolecular Hbond substituents is 1. The summed E-state index contributed by atoms with van der Waals surface area (Å²) in [5.74, 6) is 1.26. The van der Waals surface area contributed by atoms with E-state index < -0.39 is 0 Å². The molecule has 0 aromatic heterocycles. The second kappa shape index (κ2) is 7.09. The zero-order valence-corrected chi connectivity index (χ0v) is 12.8. The number of aromatic hydroxyl groups is 1. The summed E-state index contributed by atoms with van der Waals surface area (Å²) in [5.41, 5.74) is 1.62. The highest BCUT2D eigenvalue weighted by atomic mass is 35.5. The number of hydrogen-bond donors (Lipinski definition) is 2. The molecule has 0 unspecified atom stereocenters. The lowest BCUT2D eigenvalue weighted by Gasteiger charge is -2.12. The quantitative estimate of drug-likeness (QED) is 0.845. The van der Waals surface area contributed by atoms with Crippen molar-refractivity contribution in [2.75, 3.05) is 19.0 Å². The van der Waals surface area contributed by atoms with Gasteiger partial charge in [0.15, 0.2) is 11.5 Å². The van der Waals surface area contributed by atoms with E-state index in [1.54, 1.807) is 19.2 Å². The van der Waals surface area contributed by atoms with E-state index >= 15 is 0 Å². The van der Waals surface area contributed by atoms with E-state index in [0.29, 0.717) is 29.7 Å². The Bertz CT molecular complexity index is 616. The highest BCUT2D eigenvalue weighted by Gasteiger charge is 2.08. The van der Waals surface area contributed by atoms with Crippen molar-refractivity contribution in [2.24, 2.45) is 0 Å². The van der Waals surface area contributed by atoms with Crippen LogP contribution in [0.2, 0.25) is 5.02 Å². The first-order valence-corrected chi connectivity index (χ1v) is 7.04. The molecule has 0 fully saturated rings. The van der Waals surface area contributed by atoms with Gasteiger partial charge in [0.2, 0.25) is 0 Å². The van der Waals surface area contributed by atoms with Crippen molar-refractivity contribution in [3.8, 4) is 17.2 Å². The van der Waals surface area contributed by atoms with Crippen LogP contribution < -0.4 is 14.8 Å². The molecular weight excluding hydrogens is 290 g/mol. The highest BCUT2D eigenvalue weighted by molar-refractivity contribution is 6.32. The Labute approximate surface area is 129 Å². The van der Waals surface area contributed by atoms with Gasteiger partial charge in [-0.05, 0) is 25.1 Å². The smallest absolute Gasteiger partial charge is 0.162 e. The summed E-state index contributed by atoms with van der Waals surface area (Å²) in [6.45, 7) is 2.86. The number of anilines is 1. The molecule has 5 heteroatoms. The molecule has 0 aliphatic carbocycles. The topological polar surface area (TPSA) is 50.7 Å². The SMILES string of the molecule is CCOc1cccc(CNc2ccc(Cl)c(OC)c2)c1O. The van der Waals surface area contributed by atoms with E-state index in [4.69, 9.17) is 21.1 Å². The minimum atomic E-state index is 0.160. The second-order valence-electron chi connectivity index (χ2n) is 4.40. The van der Waals surface area contributed by atoms with E-state index in [1.165, 1.54) is 0 Å². The van der Waals surface area contributed by atoms with Gasteiger partial charge in [0.1, 0.15) is 5.75 Å². The van der Waals surface area contributed by atoms with Crippen LogP contribution in [0, 0.1) is 0 Å². The van der Waals surface area contributed by atoms with Crippen LogP contribution in [0.1, 0.15) is 12.5 Å². The maximum Gasteiger partial charge on any atom is 0.162 e. The van der Waals surface area contributed by atoms with Crippen molar-refractivity contribution in [3.05, 3.63) is 47.0 Å². The Morgan fingerprint density at radius 3 is 2.71 bits per heavy atom. The molecule has 0 bridgehead atoms. The second-order valence-corrected chi connectivity index (χ2v) is 4.81. The van der Waals surface area contributed by atoms with Gasteiger partial charge in [0, 0.05) is 23.9 Å². The number of halogens is 1. The van der Waals surface area contributed by atoms with Crippen molar-refractivity contribution in [1.82, 2.24) is 0 Å². The maximum absolute atomic E-state index is 10.1. The number of nitrogens with one attached hydrogen (secondary N) is 1. The minimum absolute atomic E-state index is 0.160. The average Bonchev–Trinajstić information content (AvgIpc) is 2.49. The molecule has 112 valence electrons. The van der Waals surface area contributed by atoms with E-state index in [2.05, 4.69) is 5.32 Å². The lowest BCUT2D eigenvalue weighted by atomic mass is 10.1. The summed E-state index contributed by atoms with van der Waals surface area (Å²) < 4.78 is 10.5. The monoisotopic (exact) mass is 307 g/mol. The summed E-state index contributed by atoms with van der Waals surface area (Å²) in [4.78, 5) is 0. The van der Waals surface area contributed by atoms with Crippen molar-refractivity contribution in [3.63, 3.8) is 0 Å². The predicted octanol–water partition coefficient (Wildman–Crippen LogP) is 4.07. The molecule has 2 aromatic carbocycles. The highest BCUT2D eigenvalue weighted by Crippen LogP contribution is 2.31. The van der Waals surface area contributed by atoms with E-state index in [0.717, 1.165) is 11.3 Å². The van der Waals surface area contributed by atoms with Crippen LogP contribution in [-0.4, -0.2) is 18.8 Å². The summed E-state index contributed by atoms with van der Waals surface area (Å²) >= 11 is 5.98. The van der Waals surface area contributed by atoms with Gasteiger partial charge < -0.3 is 19.9 Å².